The van der Waals surface area contributed by atoms with Crippen molar-refractivity contribution in [3.63, 3.8) is 0 Å². The van der Waals surface area contributed by atoms with Gasteiger partial charge in [-0.05, 0) is 31.0 Å². The number of carbonyl (C=O) groups is 1. The van der Waals surface area contributed by atoms with Crippen molar-refractivity contribution in [3.05, 3.63) is 68.7 Å². The SMILES string of the molecule is CC(=O)N1N=C(c2cc(C3CC3)nc3ccccc23)O[C@H]1c1ccc([N+](=O)[O-])s1. The number of fused-ring (bicyclic) bond motifs is 1. The normalized spacial score (nSPS) is 18.6. The topological polar surface area (TPSA) is 97.9 Å². The van der Waals surface area contributed by atoms with Crippen LogP contribution in [0.2, 0.25) is 0 Å². The van der Waals surface area contributed by atoms with E-state index in [9.17, 15) is 14.9 Å². The van der Waals surface area contributed by atoms with Gasteiger partial charge in [-0.25, -0.2) is 0 Å². The molecule has 1 aromatic carbocycles. The standard InChI is InChI=1S/C20H16N4O4S/c1-11(25)23-20(17-8-9-18(29-17)24(26)27)28-19(22-23)14-10-16(12-6-7-12)21-15-5-3-2-4-13(14)15/h2-5,8-10,12,20H,6-7H2,1H3/t20-/m0/s1. The first-order valence-electron chi connectivity index (χ1n) is 9.20. The molecule has 1 aliphatic heterocycles. The molecule has 1 aliphatic carbocycles. The van der Waals surface area contributed by atoms with Crippen LogP contribution in [0.15, 0.2) is 47.6 Å². The monoisotopic (exact) mass is 408 g/mol. The fourth-order valence-corrected chi connectivity index (χ4v) is 4.23. The Hall–Kier alpha value is -3.33. The first-order chi connectivity index (χ1) is 14.0. The Labute approximate surface area is 169 Å². The highest BCUT2D eigenvalue weighted by Crippen LogP contribution is 2.42. The lowest BCUT2D eigenvalue weighted by molar-refractivity contribution is -0.380. The van der Waals surface area contributed by atoms with Crippen molar-refractivity contribution in [3.8, 4) is 0 Å². The average molecular weight is 408 g/mol. The number of nitro groups is 1. The first kappa shape index (κ1) is 17.7. The van der Waals surface area contributed by atoms with Gasteiger partial charge in [0.25, 0.3) is 0 Å². The lowest BCUT2D eigenvalue weighted by atomic mass is 10.1. The summed E-state index contributed by atoms with van der Waals surface area (Å²) in [6.07, 6.45) is 1.40. The number of aromatic nitrogens is 1. The molecule has 1 amide bonds. The van der Waals surface area contributed by atoms with E-state index in [-0.39, 0.29) is 10.9 Å². The number of hydrogen-bond acceptors (Lipinski definition) is 7. The maximum atomic E-state index is 12.2. The highest BCUT2D eigenvalue weighted by molar-refractivity contribution is 7.15. The Bertz CT molecular complexity index is 1180. The number of ether oxygens (including phenoxy) is 1. The second kappa shape index (κ2) is 6.63. The number of thiophene rings is 1. The van der Waals surface area contributed by atoms with E-state index in [0.717, 1.165) is 46.3 Å². The van der Waals surface area contributed by atoms with E-state index in [4.69, 9.17) is 9.72 Å². The van der Waals surface area contributed by atoms with Crippen LogP contribution in [0.4, 0.5) is 5.00 Å². The number of pyridine rings is 1. The fourth-order valence-electron chi connectivity index (χ4n) is 3.40. The maximum Gasteiger partial charge on any atom is 0.324 e. The summed E-state index contributed by atoms with van der Waals surface area (Å²) < 4.78 is 6.08. The third-order valence-corrected chi connectivity index (χ3v) is 6.03. The minimum absolute atomic E-state index is 0.00840. The zero-order valence-electron chi connectivity index (χ0n) is 15.4. The molecular formula is C20H16N4O4S. The number of amides is 1. The molecule has 5 rings (SSSR count). The van der Waals surface area contributed by atoms with Crippen LogP contribution in [0.3, 0.4) is 0 Å². The van der Waals surface area contributed by atoms with Gasteiger partial charge in [0, 0.05) is 35.6 Å². The third kappa shape index (κ3) is 3.13. The van der Waals surface area contributed by atoms with Gasteiger partial charge >= 0.3 is 5.00 Å². The second-order valence-corrected chi connectivity index (χ2v) is 8.15. The predicted molar refractivity (Wildman–Crippen MR) is 108 cm³/mol. The summed E-state index contributed by atoms with van der Waals surface area (Å²) in [4.78, 5) is 28.1. The molecule has 1 fully saturated rings. The van der Waals surface area contributed by atoms with Crippen molar-refractivity contribution in [2.45, 2.75) is 31.9 Å². The van der Waals surface area contributed by atoms with Crippen LogP contribution in [0.5, 0.6) is 0 Å². The highest BCUT2D eigenvalue weighted by atomic mass is 32.1. The summed E-state index contributed by atoms with van der Waals surface area (Å²) in [6.45, 7) is 1.39. The summed E-state index contributed by atoms with van der Waals surface area (Å²) in [6, 6.07) is 12.7. The van der Waals surface area contributed by atoms with Gasteiger partial charge < -0.3 is 4.74 Å². The Balaban J connectivity index is 1.58. The molecule has 3 heterocycles. The van der Waals surface area contributed by atoms with Crippen molar-refractivity contribution < 1.29 is 14.5 Å². The number of para-hydroxylation sites is 1. The minimum atomic E-state index is -0.822. The molecule has 8 nitrogen and oxygen atoms in total. The number of rotatable bonds is 4. The molecule has 0 N–H and O–H groups in total. The van der Waals surface area contributed by atoms with E-state index in [1.165, 1.54) is 18.0 Å². The highest BCUT2D eigenvalue weighted by Gasteiger charge is 2.36. The van der Waals surface area contributed by atoms with Gasteiger partial charge in [0.1, 0.15) is 0 Å². The molecule has 3 aromatic rings. The number of carbonyl (C=O) groups excluding carboxylic acids is 1. The average Bonchev–Trinajstić information content (AvgIpc) is 3.26. The van der Waals surface area contributed by atoms with Gasteiger partial charge in [0.05, 0.1) is 15.3 Å². The van der Waals surface area contributed by atoms with Crippen LogP contribution >= 0.6 is 11.3 Å². The van der Waals surface area contributed by atoms with Crippen LogP contribution in [-0.2, 0) is 9.53 Å². The number of benzene rings is 1. The molecular weight excluding hydrogens is 392 g/mol. The van der Waals surface area contributed by atoms with Gasteiger partial charge in [-0.15, -0.1) is 5.10 Å². The molecule has 0 spiro atoms. The van der Waals surface area contributed by atoms with Crippen LogP contribution in [-0.4, -0.2) is 26.7 Å². The van der Waals surface area contributed by atoms with Crippen LogP contribution in [0.25, 0.3) is 10.9 Å². The molecule has 146 valence electrons. The Kier molecular flexibility index (Phi) is 4.06. The quantitative estimate of drug-likeness (QED) is 0.473. The van der Waals surface area contributed by atoms with Gasteiger partial charge in [0.2, 0.25) is 18.0 Å². The number of nitrogens with zero attached hydrogens (tertiary/aromatic N) is 4. The lowest BCUT2D eigenvalue weighted by Crippen LogP contribution is -2.24. The number of hydrazone groups is 1. The van der Waals surface area contributed by atoms with E-state index < -0.39 is 11.2 Å². The molecule has 2 aromatic heterocycles. The molecule has 2 aliphatic rings. The summed E-state index contributed by atoms with van der Waals surface area (Å²) >= 11 is 0.975. The van der Waals surface area contributed by atoms with E-state index >= 15 is 0 Å². The molecule has 0 radical (unpaired) electrons. The smallest absolute Gasteiger partial charge is 0.324 e. The Morgan fingerprint density at radius 2 is 2.07 bits per heavy atom. The van der Waals surface area contributed by atoms with Crippen LogP contribution in [0, 0.1) is 10.1 Å². The predicted octanol–water partition coefficient (Wildman–Crippen LogP) is 4.32. The van der Waals surface area contributed by atoms with Crippen molar-refractivity contribution in [1.29, 1.82) is 0 Å². The van der Waals surface area contributed by atoms with Crippen molar-refractivity contribution in [1.82, 2.24) is 9.99 Å². The Morgan fingerprint density at radius 1 is 1.28 bits per heavy atom. The van der Waals surface area contributed by atoms with E-state index in [1.54, 1.807) is 6.07 Å². The number of hydrogen-bond donors (Lipinski definition) is 0. The summed E-state index contributed by atoms with van der Waals surface area (Å²) in [5.41, 5.74) is 2.62. The largest absolute Gasteiger partial charge is 0.445 e. The molecule has 1 saturated carbocycles. The molecule has 29 heavy (non-hydrogen) atoms. The molecule has 1 atom stereocenters. The zero-order valence-corrected chi connectivity index (χ0v) is 16.3. The zero-order chi connectivity index (χ0) is 20.1. The van der Waals surface area contributed by atoms with Gasteiger partial charge in [-0.3, -0.25) is 19.9 Å². The lowest BCUT2D eigenvalue weighted by Gasteiger charge is -2.17. The van der Waals surface area contributed by atoms with Gasteiger partial charge in [-0.1, -0.05) is 29.5 Å². The summed E-state index contributed by atoms with van der Waals surface area (Å²) in [7, 11) is 0. The molecule has 9 heteroatoms. The fraction of sp³-hybridized carbons (Fsp3) is 0.250. The minimum Gasteiger partial charge on any atom is -0.445 e. The molecule has 0 unspecified atom stereocenters. The summed E-state index contributed by atoms with van der Waals surface area (Å²) in [5, 5.41) is 17.6. The van der Waals surface area contributed by atoms with Crippen molar-refractivity contribution in [2.75, 3.05) is 0 Å². The summed E-state index contributed by atoms with van der Waals surface area (Å²) in [5.74, 6) is 0.462. The van der Waals surface area contributed by atoms with Gasteiger partial charge in [0.15, 0.2) is 0 Å². The molecule has 0 bridgehead atoms. The maximum absolute atomic E-state index is 12.2. The van der Waals surface area contributed by atoms with E-state index in [1.807, 2.05) is 30.3 Å². The first-order valence-corrected chi connectivity index (χ1v) is 10.0. The van der Waals surface area contributed by atoms with Crippen molar-refractivity contribution >= 4 is 39.0 Å². The second-order valence-electron chi connectivity index (χ2n) is 7.06. The molecule has 0 saturated heterocycles. The Morgan fingerprint density at radius 3 is 2.76 bits per heavy atom. The van der Waals surface area contributed by atoms with Crippen molar-refractivity contribution in [2.24, 2.45) is 5.10 Å². The van der Waals surface area contributed by atoms with E-state index in [0.29, 0.717) is 16.7 Å². The third-order valence-electron chi connectivity index (χ3n) is 4.96. The van der Waals surface area contributed by atoms with Crippen LogP contribution in [0.1, 0.15) is 48.0 Å². The van der Waals surface area contributed by atoms with E-state index in [2.05, 4.69) is 5.10 Å². The van der Waals surface area contributed by atoms with Gasteiger partial charge in [-0.2, -0.15) is 5.01 Å². The van der Waals surface area contributed by atoms with Crippen LogP contribution < -0.4 is 0 Å².